The molecule has 11 heteroatoms. The Hall–Kier alpha value is -4.06. The predicted octanol–water partition coefficient (Wildman–Crippen LogP) is 4.12. The normalized spacial score (nSPS) is 11.6. The number of imidazole rings is 2. The van der Waals surface area contributed by atoms with E-state index in [0.29, 0.717) is 35.9 Å². The Balaban J connectivity index is 1.33. The van der Waals surface area contributed by atoms with Crippen molar-refractivity contribution < 1.29 is 9.59 Å². The maximum Gasteiger partial charge on any atom is 0.251 e. The van der Waals surface area contributed by atoms with Gasteiger partial charge in [-0.3, -0.25) is 9.59 Å². The molecule has 10 nitrogen and oxygen atoms in total. The number of likely N-dealkylation sites (N-methyl/N-ethyl adjacent to an activating group) is 2. The Morgan fingerprint density at radius 3 is 1.76 bits per heavy atom. The summed E-state index contributed by atoms with van der Waals surface area (Å²) in [5.74, 6) is 1.17. The third-order valence-corrected chi connectivity index (χ3v) is 7.33. The number of carbonyl (C=O) groups is 2. The van der Waals surface area contributed by atoms with Crippen LogP contribution in [0.25, 0.3) is 44.8 Å². The molecule has 4 N–H and O–H groups in total. The van der Waals surface area contributed by atoms with Crippen LogP contribution in [0, 0.1) is 0 Å². The van der Waals surface area contributed by atoms with Gasteiger partial charge in [-0.05, 0) is 76.7 Å². The molecule has 0 aliphatic heterocycles. The van der Waals surface area contributed by atoms with Gasteiger partial charge in [-0.2, -0.15) is 0 Å². The molecular formula is C30H33BrN8O2. The van der Waals surface area contributed by atoms with Crippen LogP contribution in [0.15, 0.2) is 59.1 Å². The van der Waals surface area contributed by atoms with Crippen LogP contribution in [0.5, 0.6) is 0 Å². The molecule has 0 spiro atoms. The molecule has 0 fully saturated rings. The topological polar surface area (TPSA) is 122 Å². The Morgan fingerprint density at radius 1 is 0.732 bits per heavy atom. The van der Waals surface area contributed by atoms with E-state index >= 15 is 0 Å². The van der Waals surface area contributed by atoms with Crippen LogP contribution >= 0.6 is 15.9 Å². The summed E-state index contributed by atoms with van der Waals surface area (Å²) in [5, 5.41) is 5.88. The lowest BCUT2D eigenvalue weighted by molar-refractivity contribution is 0.0943. The van der Waals surface area contributed by atoms with E-state index in [9.17, 15) is 9.59 Å². The van der Waals surface area contributed by atoms with Gasteiger partial charge in [-0.1, -0.05) is 22.0 Å². The second-order valence-corrected chi connectivity index (χ2v) is 11.3. The molecule has 0 aliphatic carbocycles. The summed E-state index contributed by atoms with van der Waals surface area (Å²) in [7, 11) is 7.88. The number of nitrogens with zero attached hydrogens (tertiary/aromatic N) is 4. The number of aromatic nitrogens is 4. The summed E-state index contributed by atoms with van der Waals surface area (Å²) in [5.41, 5.74) is 6.08. The number of carbonyl (C=O) groups excluding carboxylic acids is 2. The van der Waals surface area contributed by atoms with Crippen molar-refractivity contribution in [2.24, 2.45) is 0 Å². The molecule has 2 heterocycles. The molecule has 5 aromatic rings. The van der Waals surface area contributed by atoms with Crippen molar-refractivity contribution >= 4 is 49.8 Å². The van der Waals surface area contributed by atoms with E-state index in [1.807, 2.05) is 80.5 Å². The Kier molecular flexibility index (Phi) is 8.48. The molecule has 2 amide bonds. The minimum absolute atomic E-state index is 0.111. The van der Waals surface area contributed by atoms with Crippen LogP contribution in [-0.2, 0) is 0 Å². The molecule has 0 saturated heterocycles. The highest BCUT2D eigenvalue weighted by molar-refractivity contribution is 9.10. The molecule has 0 atom stereocenters. The Bertz CT molecular complexity index is 1720. The number of amides is 2. The number of benzene rings is 3. The monoisotopic (exact) mass is 616 g/mol. The van der Waals surface area contributed by atoms with E-state index < -0.39 is 0 Å². The van der Waals surface area contributed by atoms with Crippen LogP contribution < -0.4 is 10.6 Å². The second-order valence-electron chi connectivity index (χ2n) is 10.4. The number of nitrogens with one attached hydrogen (secondary N) is 4. The maximum absolute atomic E-state index is 12.6. The van der Waals surface area contributed by atoms with E-state index in [4.69, 9.17) is 9.97 Å². The smallest absolute Gasteiger partial charge is 0.251 e. The minimum atomic E-state index is -0.113. The maximum atomic E-state index is 12.6. The molecular weight excluding hydrogens is 584 g/mol. The standard InChI is InChI=1S/C30H33BrN8O2/c1-38(2)13-11-32-29(40)19-6-9-23-25(16-19)36-27(34-23)18-5-8-21(22(31)15-18)28-35-24-10-7-20(17-26(24)37-28)30(41)33-12-14-39(3)4/h5-10,15-17H,11-14H2,1-4H3,(H,32,40)(H,33,41)(H,34,36)(H,35,37). The fraction of sp³-hybridized carbons (Fsp3) is 0.267. The third-order valence-electron chi connectivity index (χ3n) is 6.67. The molecule has 41 heavy (non-hydrogen) atoms. The van der Waals surface area contributed by atoms with Crippen LogP contribution in [-0.4, -0.2) is 95.9 Å². The van der Waals surface area contributed by atoms with Crippen molar-refractivity contribution in [3.8, 4) is 22.8 Å². The van der Waals surface area contributed by atoms with Crippen molar-refractivity contribution in [1.82, 2.24) is 40.4 Å². The van der Waals surface area contributed by atoms with Crippen molar-refractivity contribution in [3.63, 3.8) is 0 Å². The summed E-state index contributed by atoms with van der Waals surface area (Å²) in [6.45, 7) is 2.71. The SMILES string of the molecule is CN(C)CCNC(=O)c1ccc2nc(-c3ccc(-c4nc5ccc(C(=O)NCCN(C)C)cc5[nH]4)c(Br)c3)[nH]c2c1. The van der Waals surface area contributed by atoms with Crippen LogP contribution in [0.2, 0.25) is 0 Å². The van der Waals surface area contributed by atoms with E-state index in [2.05, 4.69) is 36.5 Å². The van der Waals surface area contributed by atoms with Crippen molar-refractivity contribution in [1.29, 1.82) is 0 Å². The summed E-state index contributed by atoms with van der Waals surface area (Å²) >= 11 is 3.70. The Labute approximate surface area is 246 Å². The number of hydrogen-bond donors (Lipinski definition) is 4. The van der Waals surface area contributed by atoms with E-state index in [0.717, 1.165) is 50.8 Å². The number of hydrogen-bond acceptors (Lipinski definition) is 6. The van der Waals surface area contributed by atoms with E-state index in [1.54, 1.807) is 12.1 Å². The molecule has 0 radical (unpaired) electrons. The summed E-state index contributed by atoms with van der Waals surface area (Å²) < 4.78 is 0.845. The molecule has 0 saturated carbocycles. The lowest BCUT2D eigenvalue weighted by Crippen LogP contribution is -2.31. The van der Waals surface area contributed by atoms with Crippen LogP contribution in [0.1, 0.15) is 20.7 Å². The van der Waals surface area contributed by atoms with Gasteiger partial charge in [0.05, 0.1) is 22.1 Å². The molecule has 0 bridgehead atoms. The first kappa shape index (κ1) is 28.5. The second kappa shape index (κ2) is 12.2. The lowest BCUT2D eigenvalue weighted by atomic mass is 10.1. The van der Waals surface area contributed by atoms with Crippen molar-refractivity contribution in [3.05, 3.63) is 70.2 Å². The van der Waals surface area contributed by atoms with Crippen molar-refractivity contribution in [2.75, 3.05) is 54.4 Å². The van der Waals surface area contributed by atoms with Gasteiger partial charge in [0.1, 0.15) is 11.6 Å². The molecule has 3 aromatic carbocycles. The highest BCUT2D eigenvalue weighted by atomic mass is 79.9. The zero-order chi connectivity index (χ0) is 29.1. The largest absolute Gasteiger partial charge is 0.351 e. The number of halogens is 1. The fourth-order valence-corrected chi connectivity index (χ4v) is 4.98. The van der Waals surface area contributed by atoms with E-state index in [1.165, 1.54) is 0 Å². The average Bonchev–Trinajstić information content (AvgIpc) is 3.55. The molecule has 5 rings (SSSR count). The van der Waals surface area contributed by atoms with Gasteiger partial charge in [0.15, 0.2) is 0 Å². The molecule has 212 valence electrons. The van der Waals surface area contributed by atoms with Gasteiger partial charge in [0.25, 0.3) is 11.8 Å². The Morgan fingerprint density at radius 2 is 1.24 bits per heavy atom. The molecule has 2 aromatic heterocycles. The van der Waals surface area contributed by atoms with Crippen LogP contribution in [0.3, 0.4) is 0 Å². The third kappa shape index (κ3) is 6.64. The first-order chi connectivity index (χ1) is 19.7. The average molecular weight is 618 g/mol. The highest BCUT2D eigenvalue weighted by Crippen LogP contribution is 2.32. The van der Waals surface area contributed by atoms with Gasteiger partial charge < -0.3 is 30.4 Å². The summed E-state index contributed by atoms with van der Waals surface area (Å²) in [6.07, 6.45) is 0. The van der Waals surface area contributed by atoms with Gasteiger partial charge in [-0.25, -0.2) is 9.97 Å². The summed E-state index contributed by atoms with van der Waals surface area (Å²) in [6, 6.07) is 16.9. The van der Waals surface area contributed by atoms with Crippen molar-refractivity contribution in [2.45, 2.75) is 0 Å². The van der Waals surface area contributed by atoms with Crippen LogP contribution in [0.4, 0.5) is 0 Å². The van der Waals surface area contributed by atoms with Gasteiger partial charge in [0, 0.05) is 52.9 Å². The minimum Gasteiger partial charge on any atom is -0.351 e. The first-order valence-electron chi connectivity index (χ1n) is 13.3. The van der Waals surface area contributed by atoms with Gasteiger partial charge in [-0.15, -0.1) is 0 Å². The fourth-order valence-electron chi connectivity index (χ4n) is 4.41. The van der Waals surface area contributed by atoms with Gasteiger partial charge >= 0.3 is 0 Å². The zero-order valence-electron chi connectivity index (χ0n) is 23.5. The quantitative estimate of drug-likeness (QED) is 0.187. The number of rotatable bonds is 10. The molecule has 0 aliphatic rings. The first-order valence-corrected chi connectivity index (χ1v) is 14.1. The highest BCUT2D eigenvalue weighted by Gasteiger charge is 2.15. The number of H-pyrrole nitrogens is 2. The van der Waals surface area contributed by atoms with E-state index in [-0.39, 0.29) is 11.8 Å². The zero-order valence-corrected chi connectivity index (χ0v) is 25.1. The predicted molar refractivity (Wildman–Crippen MR) is 166 cm³/mol. The summed E-state index contributed by atoms with van der Waals surface area (Å²) in [4.78, 5) is 45.3. The molecule has 0 unspecified atom stereocenters. The number of fused-ring (bicyclic) bond motifs is 2. The van der Waals surface area contributed by atoms with Gasteiger partial charge in [0.2, 0.25) is 0 Å². The number of aromatic amines is 2. The lowest BCUT2D eigenvalue weighted by Gasteiger charge is -2.10.